The van der Waals surface area contributed by atoms with Crippen LogP contribution in [-0.2, 0) is 4.57 Å². The lowest BCUT2D eigenvalue weighted by Crippen LogP contribution is -2.03. The fraction of sp³-hybridized carbons (Fsp3) is 0.889. The van der Waals surface area contributed by atoms with Crippen molar-refractivity contribution in [3.63, 3.8) is 0 Å². The largest absolute Gasteiger partial charge is 0.396 e. The molecular weight excluding hydrogens is 187 g/mol. The van der Waals surface area contributed by atoms with Crippen molar-refractivity contribution in [2.75, 3.05) is 31.7 Å². The van der Waals surface area contributed by atoms with Crippen LogP contribution in [0.3, 0.4) is 0 Å². The molecule has 0 fully saturated rings. The predicted molar refractivity (Wildman–Crippen MR) is 55.6 cm³/mol. The fourth-order valence-electron chi connectivity index (χ4n) is 1.34. The smallest absolute Gasteiger partial charge is 0.0879 e. The van der Waals surface area contributed by atoms with E-state index in [4.69, 9.17) is 10.2 Å². The van der Waals surface area contributed by atoms with E-state index < -0.39 is 7.14 Å². The fourth-order valence-corrected chi connectivity index (χ4v) is 4.02. The third-order valence-corrected chi connectivity index (χ3v) is 5.41. The number of hydrogen-bond donors (Lipinski definition) is 2. The van der Waals surface area contributed by atoms with Crippen molar-refractivity contribution >= 4 is 7.14 Å². The van der Waals surface area contributed by atoms with Gasteiger partial charge in [-0.05, 0) is 19.3 Å². The minimum atomic E-state index is -2.13. The molecule has 0 aromatic heterocycles. The Morgan fingerprint density at radius 3 is 1.77 bits per heavy atom. The van der Waals surface area contributed by atoms with Gasteiger partial charge in [0.1, 0.15) is 0 Å². The molecule has 0 heterocycles. The van der Waals surface area contributed by atoms with Crippen LogP contribution in [0.1, 0.15) is 19.3 Å². The van der Waals surface area contributed by atoms with Gasteiger partial charge in [0.05, 0.1) is 7.14 Å². The molecule has 2 N–H and O–H groups in total. The molecule has 4 heteroatoms. The Kier molecular flexibility index (Phi) is 7.63. The van der Waals surface area contributed by atoms with Crippen molar-refractivity contribution < 1.29 is 14.8 Å². The van der Waals surface area contributed by atoms with Crippen molar-refractivity contribution in [2.24, 2.45) is 0 Å². The minimum absolute atomic E-state index is 0.0975. The van der Waals surface area contributed by atoms with E-state index in [0.29, 0.717) is 37.7 Å². The van der Waals surface area contributed by atoms with E-state index in [1.54, 1.807) is 0 Å². The summed E-state index contributed by atoms with van der Waals surface area (Å²) in [7, 11) is -2.13. The molecule has 0 rings (SSSR count). The quantitative estimate of drug-likeness (QED) is 0.590. The Balaban J connectivity index is 3.92. The van der Waals surface area contributed by atoms with E-state index in [9.17, 15) is 4.57 Å². The van der Waals surface area contributed by atoms with Gasteiger partial charge in [-0.1, -0.05) is 6.92 Å². The van der Waals surface area contributed by atoms with Crippen LogP contribution in [0.4, 0.5) is 0 Å². The monoisotopic (exact) mass is 207 g/mol. The number of aliphatic hydroxyl groups is 2. The Hall–Kier alpha value is 0.150. The molecule has 0 unspecified atom stereocenters. The summed E-state index contributed by atoms with van der Waals surface area (Å²) in [6, 6.07) is 0. The first kappa shape index (κ1) is 13.2. The van der Waals surface area contributed by atoms with Gasteiger partial charge in [0.2, 0.25) is 0 Å². The number of aliphatic hydroxyl groups excluding tert-OH is 2. The summed E-state index contributed by atoms with van der Waals surface area (Å²) in [6.45, 7) is 3.88. The van der Waals surface area contributed by atoms with Crippen molar-refractivity contribution in [2.45, 2.75) is 19.3 Å². The summed E-state index contributed by atoms with van der Waals surface area (Å²) in [4.78, 5) is 0. The van der Waals surface area contributed by atoms with Crippen LogP contribution in [0.2, 0.25) is 0 Å². The Morgan fingerprint density at radius 2 is 1.46 bits per heavy atom. The summed E-state index contributed by atoms with van der Waals surface area (Å²) < 4.78 is 12.1. The highest BCUT2D eigenvalue weighted by molar-refractivity contribution is 7.63. The molecule has 0 aromatic carbocycles. The molecule has 0 bridgehead atoms. The molecule has 0 aromatic rings. The second kappa shape index (κ2) is 7.54. The first-order chi connectivity index (χ1) is 6.18. The van der Waals surface area contributed by atoms with Crippen LogP contribution in [0.5, 0.6) is 0 Å². The lowest BCUT2D eigenvalue weighted by molar-refractivity contribution is 0.293. The van der Waals surface area contributed by atoms with Gasteiger partial charge in [-0.3, -0.25) is 0 Å². The second-order valence-electron chi connectivity index (χ2n) is 3.24. The molecule has 79 valence electrons. The molecule has 1 radical (unpaired) electrons. The molecule has 0 aliphatic carbocycles. The molecule has 0 aliphatic heterocycles. The normalized spacial score (nSPS) is 11.9. The molecule has 0 amide bonds. The summed E-state index contributed by atoms with van der Waals surface area (Å²) in [5.74, 6) is 0. The molecule has 0 spiro atoms. The summed E-state index contributed by atoms with van der Waals surface area (Å²) in [5, 5.41) is 17.3. The van der Waals surface area contributed by atoms with Crippen molar-refractivity contribution in [1.29, 1.82) is 0 Å². The summed E-state index contributed by atoms with van der Waals surface area (Å²) >= 11 is 0. The van der Waals surface area contributed by atoms with Crippen LogP contribution >= 0.6 is 7.14 Å². The summed E-state index contributed by atoms with van der Waals surface area (Å²) in [6.07, 6.45) is 3.71. The van der Waals surface area contributed by atoms with Gasteiger partial charge in [0, 0.05) is 31.7 Å². The van der Waals surface area contributed by atoms with Gasteiger partial charge in [-0.25, -0.2) is 0 Å². The van der Waals surface area contributed by atoms with E-state index in [-0.39, 0.29) is 13.2 Å². The first-order valence-corrected chi connectivity index (χ1v) is 7.03. The standard InChI is InChI=1S/C9H20O3P/c1-2-7-13(12,8-3-5-10)9-4-6-11/h10-11H,1-9H2. The Labute approximate surface area is 80.5 Å². The zero-order valence-electron chi connectivity index (χ0n) is 8.11. The number of rotatable bonds is 8. The van der Waals surface area contributed by atoms with Crippen molar-refractivity contribution in [1.82, 2.24) is 0 Å². The highest BCUT2D eigenvalue weighted by atomic mass is 31.2. The van der Waals surface area contributed by atoms with E-state index >= 15 is 0 Å². The second-order valence-corrected chi connectivity index (χ2v) is 6.69. The Bertz CT molecular complexity index is 147. The molecule has 0 saturated heterocycles. The molecular formula is C9H20O3P. The molecule has 0 saturated carbocycles. The van der Waals surface area contributed by atoms with Crippen LogP contribution < -0.4 is 0 Å². The summed E-state index contributed by atoms with van der Waals surface area (Å²) in [5.41, 5.74) is 0. The zero-order chi connectivity index (χ0) is 10.2. The third-order valence-electron chi connectivity index (χ3n) is 2.01. The number of hydrogen-bond acceptors (Lipinski definition) is 3. The zero-order valence-corrected chi connectivity index (χ0v) is 9.01. The minimum Gasteiger partial charge on any atom is -0.396 e. The topological polar surface area (TPSA) is 57.5 Å². The molecule has 3 nitrogen and oxygen atoms in total. The van der Waals surface area contributed by atoms with Crippen molar-refractivity contribution in [3.05, 3.63) is 6.92 Å². The first-order valence-electron chi connectivity index (χ1n) is 4.76. The third kappa shape index (κ3) is 6.25. The highest BCUT2D eigenvalue weighted by Gasteiger charge is 2.19. The lowest BCUT2D eigenvalue weighted by atomic mass is 10.5. The maximum Gasteiger partial charge on any atom is 0.0879 e. The van der Waals surface area contributed by atoms with Gasteiger partial charge >= 0.3 is 0 Å². The van der Waals surface area contributed by atoms with Crippen molar-refractivity contribution in [3.8, 4) is 0 Å². The molecule has 0 atom stereocenters. The lowest BCUT2D eigenvalue weighted by Gasteiger charge is -2.16. The molecule has 0 aliphatic rings. The van der Waals surface area contributed by atoms with Gasteiger partial charge in [-0.2, -0.15) is 0 Å². The van der Waals surface area contributed by atoms with E-state index in [0.717, 1.165) is 0 Å². The maximum absolute atomic E-state index is 12.1. The van der Waals surface area contributed by atoms with E-state index in [2.05, 4.69) is 6.92 Å². The molecule has 13 heavy (non-hydrogen) atoms. The average molecular weight is 207 g/mol. The Morgan fingerprint density at radius 1 is 1.00 bits per heavy atom. The SMILES string of the molecule is [CH2]CCP(=O)(CCCO)CCCO. The predicted octanol–water partition coefficient (Wildman–Crippen LogP) is 1.34. The highest BCUT2D eigenvalue weighted by Crippen LogP contribution is 2.47. The average Bonchev–Trinajstić information content (AvgIpc) is 2.12. The van der Waals surface area contributed by atoms with Gasteiger partial charge < -0.3 is 14.8 Å². The van der Waals surface area contributed by atoms with Crippen LogP contribution in [0.15, 0.2) is 0 Å². The van der Waals surface area contributed by atoms with Gasteiger partial charge in [0.15, 0.2) is 0 Å². The maximum atomic E-state index is 12.1. The van der Waals surface area contributed by atoms with Gasteiger partial charge in [0.25, 0.3) is 0 Å². The van der Waals surface area contributed by atoms with Crippen LogP contribution in [-0.4, -0.2) is 41.9 Å². The van der Waals surface area contributed by atoms with Gasteiger partial charge in [-0.15, -0.1) is 0 Å². The van der Waals surface area contributed by atoms with Crippen LogP contribution in [0.25, 0.3) is 0 Å². The van der Waals surface area contributed by atoms with E-state index in [1.165, 1.54) is 0 Å². The van der Waals surface area contributed by atoms with Crippen LogP contribution in [0, 0.1) is 6.92 Å². The van der Waals surface area contributed by atoms with E-state index in [1.807, 2.05) is 0 Å².